The summed E-state index contributed by atoms with van der Waals surface area (Å²) < 4.78 is 9.99. The molecular weight excluding hydrogens is 410 g/mol. The Morgan fingerprint density at radius 2 is 2.03 bits per heavy atom. The second-order valence-corrected chi connectivity index (χ2v) is 8.88. The van der Waals surface area contributed by atoms with Gasteiger partial charge < -0.3 is 19.3 Å². The largest absolute Gasteiger partial charge is 0.491 e. The van der Waals surface area contributed by atoms with Gasteiger partial charge in [-0.3, -0.25) is 13.9 Å². The summed E-state index contributed by atoms with van der Waals surface area (Å²) in [7, 11) is 3.07. The average Bonchev–Trinajstić information content (AvgIpc) is 3.14. The standard InChI is InChI=1S/C23H31N5O4/c1-15-7-5-9-18(11-15)32-14-17(29)13-28-19-20(25(3)23(31)26(4)21(19)30)24-22(28)27-10-6-8-16(2)12-27/h5,7,9,11,16-17,29H,6,8,10,12-14H2,1-4H3/t16-,17-/m1/s1. The zero-order valence-corrected chi connectivity index (χ0v) is 19.1. The number of piperidine rings is 1. The van der Waals surface area contributed by atoms with Crippen molar-refractivity contribution >= 4 is 17.1 Å². The fraction of sp³-hybridized carbons (Fsp3) is 0.522. The third kappa shape index (κ3) is 4.17. The fourth-order valence-electron chi connectivity index (χ4n) is 4.38. The van der Waals surface area contributed by atoms with Crippen molar-refractivity contribution in [1.82, 2.24) is 18.7 Å². The molecule has 0 unspecified atom stereocenters. The maximum Gasteiger partial charge on any atom is 0.332 e. The lowest BCUT2D eigenvalue weighted by atomic mass is 10.0. The van der Waals surface area contributed by atoms with Gasteiger partial charge in [0, 0.05) is 27.2 Å². The summed E-state index contributed by atoms with van der Waals surface area (Å²) in [5, 5.41) is 10.8. The predicted molar refractivity (Wildman–Crippen MR) is 124 cm³/mol. The van der Waals surface area contributed by atoms with Gasteiger partial charge in [-0.2, -0.15) is 4.98 Å². The molecule has 2 atom stereocenters. The van der Waals surface area contributed by atoms with Crippen LogP contribution in [0.2, 0.25) is 0 Å². The second kappa shape index (κ2) is 8.82. The third-order valence-electron chi connectivity index (χ3n) is 6.09. The average molecular weight is 442 g/mol. The molecule has 9 nitrogen and oxygen atoms in total. The Bertz CT molecular complexity index is 1240. The highest BCUT2D eigenvalue weighted by atomic mass is 16.5. The van der Waals surface area contributed by atoms with Gasteiger partial charge in [0.15, 0.2) is 11.2 Å². The van der Waals surface area contributed by atoms with Crippen molar-refractivity contribution in [3.05, 3.63) is 50.7 Å². The van der Waals surface area contributed by atoms with Crippen LogP contribution in [0.4, 0.5) is 5.95 Å². The van der Waals surface area contributed by atoms with Crippen LogP contribution in [0, 0.1) is 12.8 Å². The molecule has 2 aromatic heterocycles. The van der Waals surface area contributed by atoms with Crippen LogP contribution in [-0.2, 0) is 20.6 Å². The van der Waals surface area contributed by atoms with E-state index in [1.807, 2.05) is 31.2 Å². The Morgan fingerprint density at radius 1 is 1.25 bits per heavy atom. The molecule has 1 aliphatic rings. The molecule has 0 aliphatic carbocycles. The van der Waals surface area contributed by atoms with Gasteiger partial charge >= 0.3 is 5.69 Å². The van der Waals surface area contributed by atoms with Crippen LogP contribution >= 0.6 is 0 Å². The van der Waals surface area contributed by atoms with Gasteiger partial charge in [-0.1, -0.05) is 19.1 Å². The number of aryl methyl sites for hydroxylation is 2. The minimum Gasteiger partial charge on any atom is -0.491 e. The maximum atomic E-state index is 13.0. The number of ether oxygens (including phenoxy) is 1. The molecular formula is C23H31N5O4. The Kier molecular flexibility index (Phi) is 6.10. The zero-order valence-electron chi connectivity index (χ0n) is 19.1. The summed E-state index contributed by atoms with van der Waals surface area (Å²) in [6, 6.07) is 7.64. The van der Waals surface area contributed by atoms with Crippen LogP contribution in [0.5, 0.6) is 5.75 Å². The SMILES string of the molecule is Cc1cccc(OC[C@H](O)Cn2c(N3CCC[C@@H](C)C3)nc3c2c(=O)n(C)c(=O)n3C)c1. The molecule has 9 heteroatoms. The highest BCUT2D eigenvalue weighted by molar-refractivity contribution is 5.74. The molecule has 0 radical (unpaired) electrons. The predicted octanol–water partition coefficient (Wildman–Crippen LogP) is 1.42. The van der Waals surface area contributed by atoms with E-state index < -0.39 is 17.4 Å². The van der Waals surface area contributed by atoms with E-state index in [-0.39, 0.29) is 13.2 Å². The minimum atomic E-state index is -0.865. The van der Waals surface area contributed by atoms with E-state index in [0.29, 0.717) is 28.8 Å². The van der Waals surface area contributed by atoms with Crippen LogP contribution in [0.25, 0.3) is 11.2 Å². The number of aliphatic hydroxyl groups excluding tert-OH is 1. The van der Waals surface area contributed by atoms with Crippen molar-refractivity contribution in [2.75, 3.05) is 24.6 Å². The van der Waals surface area contributed by atoms with Crippen molar-refractivity contribution in [2.24, 2.45) is 20.0 Å². The van der Waals surface area contributed by atoms with Crippen LogP contribution in [0.1, 0.15) is 25.3 Å². The Labute approximate surface area is 186 Å². The number of nitrogens with zero attached hydrogens (tertiary/aromatic N) is 5. The molecule has 3 aromatic rings. The third-order valence-corrected chi connectivity index (χ3v) is 6.09. The molecule has 0 amide bonds. The first-order valence-corrected chi connectivity index (χ1v) is 11.0. The number of rotatable bonds is 6. The molecule has 3 heterocycles. The summed E-state index contributed by atoms with van der Waals surface area (Å²) >= 11 is 0. The Balaban J connectivity index is 1.71. The lowest BCUT2D eigenvalue weighted by molar-refractivity contribution is 0.0935. The van der Waals surface area contributed by atoms with Gasteiger partial charge in [0.2, 0.25) is 5.95 Å². The topological polar surface area (TPSA) is 94.5 Å². The second-order valence-electron chi connectivity index (χ2n) is 8.88. The van der Waals surface area contributed by atoms with Crippen LogP contribution < -0.4 is 20.9 Å². The van der Waals surface area contributed by atoms with Crippen LogP contribution in [-0.4, -0.2) is 49.6 Å². The fourth-order valence-corrected chi connectivity index (χ4v) is 4.38. The van der Waals surface area contributed by atoms with Crippen molar-refractivity contribution in [3.8, 4) is 5.75 Å². The summed E-state index contributed by atoms with van der Waals surface area (Å²) in [5.74, 6) is 1.79. The Morgan fingerprint density at radius 3 is 2.75 bits per heavy atom. The molecule has 4 rings (SSSR count). The van der Waals surface area contributed by atoms with E-state index in [9.17, 15) is 14.7 Å². The number of fused-ring (bicyclic) bond motifs is 1. The summed E-state index contributed by atoms with van der Waals surface area (Å²) in [4.78, 5) is 32.3. The van der Waals surface area contributed by atoms with Crippen molar-refractivity contribution in [1.29, 1.82) is 0 Å². The highest BCUT2D eigenvalue weighted by Gasteiger charge is 2.26. The zero-order chi connectivity index (χ0) is 23.0. The lowest BCUT2D eigenvalue weighted by Gasteiger charge is -2.32. The molecule has 172 valence electrons. The molecule has 1 aliphatic heterocycles. The number of aromatic nitrogens is 4. The minimum absolute atomic E-state index is 0.0745. The molecule has 1 fully saturated rings. The summed E-state index contributed by atoms with van der Waals surface area (Å²) in [5.41, 5.74) is 0.881. The van der Waals surface area contributed by atoms with E-state index in [1.165, 1.54) is 11.6 Å². The summed E-state index contributed by atoms with van der Waals surface area (Å²) in [6.07, 6.45) is 1.31. The first kappa shape index (κ1) is 22.1. The monoisotopic (exact) mass is 441 g/mol. The lowest BCUT2D eigenvalue weighted by Crippen LogP contribution is -2.39. The molecule has 1 saturated heterocycles. The van der Waals surface area contributed by atoms with Gasteiger partial charge in [-0.15, -0.1) is 0 Å². The Hall–Kier alpha value is -3.07. The van der Waals surface area contributed by atoms with Crippen molar-refractivity contribution < 1.29 is 9.84 Å². The number of benzene rings is 1. The van der Waals surface area contributed by atoms with E-state index in [2.05, 4.69) is 11.8 Å². The molecule has 0 spiro atoms. The van der Waals surface area contributed by atoms with E-state index in [0.717, 1.165) is 36.1 Å². The van der Waals surface area contributed by atoms with Gasteiger partial charge in [0.05, 0.1) is 6.54 Å². The maximum absolute atomic E-state index is 13.0. The smallest absolute Gasteiger partial charge is 0.332 e. The number of anilines is 1. The van der Waals surface area contributed by atoms with Crippen molar-refractivity contribution in [2.45, 2.75) is 39.3 Å². The highest BCUT2D eigenvalue weighted by Crippen LogP contribution is 2.25. The number of hydrogen-bond acceptors (Lipinski definition) is 6. The number of aliphatic hydroxyl groups is 1. The van der Waals surface area contributed by atoms with E-state index in [4.69, 9.17) is 9.72 Å². The molecule has 0 saturated carbocycles. The van der Waals surface area contributed by atoms with E-state index in [1.54, 1.807) is 11.6 Å². The number of imidazole rings is 1. The van der Waals surface area contributed by atoms with Crippen molar-refractivity contribution in [3.63, 3.8) is 0 Å². The first-order chi connectivity index (χ1) is 15.3. The number of hydrogen-bond donors (Lipinski definition) is 1. The molecule has 1 N–H and O–H groups in total. The molecule has 32 heavy (non-hydrogen) atoms. The van der Waals surface area contributed by atoms with Gasteiger partial charge in [0.1, 0.15) is 18.5 Å². The summed E-state index contributed by atoms with van der Waals surface area (Å²) in [6.45, 7) is 6.01. The normalized spacial score (nSPS) is 17.7. The van der Waals surface area contributed by atoms with Gasteiger partial charge in [-0.25, -0.2) is 4.79 Å². The van der Waals surface area contributed by atoms with Crippen LogP contribution in [0.3, 0.4) is 0 Å². The first-order valence-electron chi connectivity index (χ1n) is 11.0. The van der Waals surface area contributed by atoms with E-state index >= 15 is 0 Å². The molecule has 0 bridgehead atoms. The van der Waals surface area contributed by atoms with Gasteiger partial charge in [0.25, 0.3) is 5.56 Å². The van der Waals surface area contributed by atoms with Crippen LogP contribution in [0.15, 0.2) is 33.9 Å². The van der Waals surface area contributed by atoms with Gasteiger partial charge in [-0.05, 0) is 43.4 Å². The quantitative estimate of drug-likeness (QED) is 0.622. The molecule has 1 aromatic carbocycles.